The first kappa shape index (κ1) is 13.6. The number of carboxylic acids is 1. The standard InChI is InChI=1S/C11H17N3O5/c1-13-3-2-7(9(13)16)12-11(19)14-5-6(15)4-8(14)10(17)18/h6-8,15H,2-5H2,1H3,(H,12,19)(H,17,18)/t6-,7?,8-/m1/s1. The van der Waals surface area contributed by atoms with Gasteiger partial charge in [-0.05, 0) is 6.42 Å². The number of aliphatic hydroxyl groups excluding tert-OH is 1. The second-order valence-corrected chi connectivity index (χ2v) is 4.95. The van der Waals surface area contributed by atoms with Crippen LogP contribution >= 0.6 is 0 Å². The molecule has 2 aliphatic heterocycles. The number of carboxylic acid groups (broad SMARTS) is 1. The molecule has 106 valence electrons. The molecule has 2 saturated heterocycles. The average molecular weight is 271 g/mol. The summed E-state index contributed by atoms with van der Waals surface area (Å²) >= 11 is 0. The predicted molar refractivity (Wildman–Crippen MR) is 63.3 cm³/mol. The summed E-state index contributed by atoms with van der Waals surface area (Å²) in [6.07, 6.45) is -0.315. The number of carbonyl (C=O) groups excluding carboxylic acids is 2. The summed E-state index contributed by atoms with van der Waals surface area (Å²) in [5, 5.41) is 21.0. The summed E-state index contributed by atoms with van der Waals surface area (Å²) < 4.78 is 0. The van der Waals surface area contributed by atoms with Crippen LogP contribution in [0.3, 0.4) is 0 Å². The van der Waals surface area contributed by atoms with Gasteiger partial charge < -0.3 is 25.3 Å². The summed E-state index contributed by atoms with van der Waals surface area (Å²) in [5.41, 5.74) is 0. The van der Waals surface area contributed by atoms with Gasteiger partial charge in [-0.25, -0.2) is 9.59 Å². The van der Waals surface area contributed by atoms with Crippen molar-refractivity contribution in [1.82, 2.24) is 15.1 Å². The maximum atomic E-state index is 12.0. The quantitative estimate of drug-likeness (QED) is 0.563. The third-order valence-corrected chi connectivity index (χ3v) is 3.55. The lowest BCUT2D eigenvalue weighted by molar-refractivity contribution is -0.141. The first-order chi connectivity index (χ1) is 8.90. The number of aliphatic carboxylic acids is 1. The van der Waals surface area contributed by atoms with Gasteiger partial charge in [0.05, 0.1) is 6.10 Å². The fraction of sp³-hybridized carbons (Fsp3) is 0.727. The van der Waals surface area contributed by atoms with Crippen LogP contribution in [0.25, 0.3) is 0 Å². The molecule has 0 saturated carbocycles. The van der Waals surface area contributed by atoms with E-state index in [0.717, 1.165) is 4.90 Å². The molecule has 19 heavy (non-hydrogen) atoms. The highest BCUT2D eigenvalue weighted by molar-refractivity contribution is 5.90. The molecule has 1 unspecified atom stereocenters. The Hall–Kier alpha value is -1.83. The summed E-state index contributed by atoms with van der Waals surface area (Å²) in [7, 11) is 1.65. The molecule has 0 radical (unpaired) electrons. The Labute approximate surface area is 110 Å². The molecule has 0 aromatic heterocycles. The number of urea groups is 1. The van der Waals surface area contributed by atoms with Crippen LogP contribution in [0.5, 0.6) is 0 Å². The smallest absolute Gasteiger partial charge is 0.326 e. The van der Waals surface area contributed by atoms with Crippen LogP contribution in [0.4, 0.5) is 4.79 Å². The zero-order chi connectivity index (χ0) is 14.2. The van der Waals surface area contributed by atoms with Crippen LogP contribution in [0.1, 0.15) is 12.8 Å². The van der Waals surface area contributed by atoms with Crippen molar-refractivity contribution < 1.29 is 24.6 Å². The van der Waals surface area contributed by atoms with E-state index in [0.29, 0.717) is 13.0 Å². The second-order valence-electron chi connectivity index (χ2n) is 4.95. The number of hydrogen-bond donors (Lipinski definition) is 3. The van der Waals surface area contributed by atoms with Crippen LogP contribution in [0.15, 0.2) is 0 Å². The number of nitrogens with zero attached hydrogens (tertiary/aromatic N) is 2. The Balaban J connectivity index is 1.99. The molecule has 8 nitrogen and oxygen atoms in total. The van der Waals surface area contributed by atoms with Crippen LogP contribution in [0.2, 0.25) is 0 Å². The molecular weight excluding hydrogens is 254 g/mol. The van der Waals surface area contributed by atoms with Crippen molar-refractivity contribution in [2.75, 3.05) is 20.1 Å². The Kier molecular flexibility index (Phi) is 3.61. The normalized spacial score (nSPS) is 30.8. The van der Waals surface area contributed by atoms with Crippen molar-refractivity contribution in [3.8, 4) is 0 Å². The molecule has 0 aromatic carbocycles. The third kappa shape index (κ3) is 2.62. The molecule has 3 atom stereocenters. The van der Waals surface area contributed by atoms with E-state index in [-0.39, 0.29) is 18.9 Å². The Bertz CT molecular complexity index is 413. The van der Waals surface area contributed by atoms with Gasteiger partial charge in [-0.15, -0.1) is 0 Å². The van der Waals surface area contributed by atoms with Gasteiger partial charge in [0, 0.05) is 26.6 Å². The van der Waals surface area contributed by atoms with Gasteiger partial charge in [0.1, 0.15) is 12.1 Å². The second kappa shape index (κ2) is 5.04. The number of nitrogens with one attached hydrogen (secondary N) is 1. The molecule has 3 N–H and O–H groups in total. The monoisotopic (exact) mass is 271 g/mol. The minimum atomic E-state index is -1.15. The van der Waals surface area contributed by atoms with Gasteiger partial charge in [-0.3, -0.25) is 4.79 Å². The molecule has 2 heterocycles. The van der Waals surface area contributed by atoms with E-state index in [4.69, 9.17) is 5.11 Å². The summed E-state index contributed by atoms with van der Waals surface area (Å²) in [6.45, 7) is 0.536. The number of likely N-dealkylation sites (N-methyl/N-ethyl adjacent to an activating group) is 1. The molecular formula is C11H17N3O5. The summed E-state index contributed by atoms with van der Waals surface area (Å²) in [5.74, 6) is -1.33. The Morgan fingerprint density at radius 1 is 1.42 bits per heavy atom. The lowest BCUT2D eigenvalue weighted by atomic mass is 10.2. The first-order valence-electron chi connectivity index (χ1n) is 6.13. The molecule has 0 aliphatic carbocycles. The lowest BCUT2D eigenvalue weighted by Gasteiger charge is -2.23. The number of rotatable bonds is 2. The number of likely N-dealkylation sites (tertiary alicyclic amines) is 2. The van der Waals surface area contributed by atoms with Crippen molar-refractivity contribution in [2.24, 2.45) is 0 Å². The van der Waals surface area contributed by atoms with Crippen molar-refractivity contribution >= 4 is 17.9 Å². The van der Waals surface area contributed by atoms with E-state index in [1.54, 1.807) is 7.05 Å². The number of β-amino-alcohol motifs (C(OH)–C–C–N with tert-alkyl or cyclic N) is 1. The highest BCUT2D eigenvalue weighted by Crippen LogP contribution is 2.19. The van der Waals surface area contributed by atoms with Crippen molar-refractivity contribution in [3.63, 3.8) is 0 Å². The summed E-state index contributed by atoms with van der Waals surface area (Å²) in [4.78, 5) is 37.2. The largest absolute Gasteiger partial charge is 0.480 e. The van der Waals surface area contributed by atoms with E-state index < -0.39 is 30.2 Å². The molecule has 0 bridgehead atoms. The highest BCUT2D eigenvalue weighted by atomic mass is 16.4. The van der Waals surface area contributed by atoms with Gasteiger partial charge in [0.2, 0.25) is 5.91 Å². The van der Waals surface area contributed by atoms with E-state index in [2.05, 4.69) is 5.32 Å². The molecule has 0 spiro atoms. The maximum absolute atomic E-state index is 12.0. The number of aliphatic hydroxyl groups is 1. The number of amides is 3. The zero-order valence-electron chi connectivity index (χ0n) is 10.6. The van der Waals surface area contributed by atoms with Gasteiger partial charge in [0.15, 0.2) is 0 Å². The maximum Gasteiger partial charge on any atom is 0.326 e. The number of carbonyl (C=O) groups is 3. The topological polar surface area (TPSA) is 110 Å². The van der Waals surface area contributed by atoms with Gasteiger partial charge in [-0.2, -0.15) is 0 Å². The minimum Gasteiger partial charge on any atom is -0.480 e. The zero-order valence-corrected chi connectivity index (χ0v) is 10.6. The van der Waals surface area contributed by atoms with Gasteiger partial charge in [0.25, 0.3) is 0 Å². The van der Waals surface area contributed by atoms with Crippen molar-refractivity contribution in [1.29, 1.82) is 0 Å². The predicted octanol–water partition coefficient (Wildman–Crippen LogP) is -1.55. The molecule has 0 aromatic rings. The van der Waals surface area contributed by atoms with Crippen molar-refractivity contribution in [3.05, 3.63) is 0 Å². The third-order valence-electron chi connectivity index (χ3n) is 3.55. The van der Waals surface area contributed by atoms with E-state index >= 15 is 0 Å². The number of hydrogen-bond acceptors (Lipinski definition) is 4. The first-order valence-corrected chi connectivity index (χ1v) is 6.13. The van der Waals surface area contributed by atoms with Gasteiger partial charge >= 0.3 is 12.0 Å². The fourth-order valence-corrected chi connectivity index (χ4v) is 2.46. The van der Waals surface area contributed by atoms with Crippen LogP contribution in [0, 0.1) is 0 Å². The fourth-order valence-electron chi connectivity index (χ4n) is 2.46. The minimum absolute atomic E-state index is 0.0151. The molecule has 3 amide bonds. The lowest BCUT2D eigenvalue weighted by Crippen LogP contribution is -2.51. The van der Waals surface area contributed by atoms with Crippen molar-refractivity contribution in [2.45, 2.75) is 31.0 Å². The SMILES string of the molecule is CN1CCC(NC(=O)N2C[C@H](O)C[C@@H]2C(=O)O)C1=O. The Morgan fingerprint density at radius 2 is 2.11 bits per heavy atom. The molecule has 2 fully saturated rings. The van der Waals surface area contributed by atoms with E-state index in [9.17, 15) is 19.5 Å². The van der Waals surface area contributed by atoms with E-state index in [1.807, 2.05) is 0 Å². The Morgan fingerprint density at radius 3 is 2.63 bits per heavy atom. The van der Waals surface area contributed by atoms with Crippen LogP contribution in [-0.2, 0) is 9.59 Å². The summed E-state index contributed by atoms with van der Waals surface area (Å²) in [6, 6.07) is -2.26. The van der Waals surface area contributed by atoms with Gasteiger partial charge in [-0.1, -0.05) is 0 Å². The molecule has 8 heteroatoms. The average Bonchev–Trinajstić information content (AvgIpc) is 2.87. The molecule has 2 aliphatic rings. The van der Waals surface area contributed by atoms with Crippen LogP contribution in [-0.4, -0.2) is 76.2 Å². The van der Waals surface area contributed by atoms with Crippen LogP contribution < -0.4 is 5.32 Å². The molecule has 2 rings (SSSR count). The van der Waals surface area contributed by atoms with E-state index in [1.165, 1.54) is 4.90 Å². The highest BCUT2D eigenvalue weighted by Gasteiger charge is 2.40.